The number of anilines is 1. The van der Waals surface area contributed by atoms with Gasteiger partial charge in [0.1, 0.15) is 0 Å². The number of hydrogen-bond acceptors (Lipinski definition) is 7. The molecule has 0 saturated carbocycles. The quantitative estimate of drug-likeness (QED) is 0.411. The number of carbonyl (C=O) groups is 2. The third-order valence-electron chi connectivity index (χ3n) is 9.52. The van der Waals surface area contributed by atoms with Crippen molar-refractivity contribution in [2.75, 3.05) is 64.5 Å². The minimum Gasteiger partial charge on any atom is -0.490 e. The van der Waals surface area contributed by atoms with Crippen molar-refractivity contribution in [2.45, 2.75) is 45.6 Å². The van der Waals surface area contributed by atoms with Crippen LogP contribution in [0.5, 0.6) is 11.5 Å². The number of hydrogen-bond donors (Lipinski definition) is 0. The Morgan fingerprint density at radius 1 is 0.841 bits per heavy atom. The maximum atomic E-state index is 13.7. The fourth-order valence-corrected chi connectivity index (χ4v) is 7.02. The zero-order valence-electron chi connectivity index (χ0n) is 26.3. The van der Waals surface area contributed by atoms with E-state index in [1.54, 1.807) is 0 Å². The summed E-state index contributed by atoms with van der Waals surface area (Å²) in [7, 11) is 2.19. The summed E-state index contributed by atoms with van der Waals surface area (Å²) in [6.45, 7) is 10.6. The number of likely N-dealkylation sites (tertiary alicyclic amines) is 1. The van der Waals surface area contributed by atoms with Crippen LogP contribution in [-0.4, -0.2) is 97.8 Å². The summed E-state index contributed by atoms with van der Waals surface area (Å²) in [5.74, 6) is 1.20. The maximum absolute atomic E-state index is 13.7. The van der Waals surface area contributed by atoms with E-state index < -0.39 is 0 Å². The Hall–Kier alpha value is -3.69. The van der Waals surface area contributed by atoms with Crippen LogP contribution >= 0.6 is 0 Å². The van der Waals surface area contributed by atoms with Crippen LogP contribution in [0.4, 0.5) is 5.69 Å². The largest absolute Gasteiger partial charge is 0.490 e. The van der Waals surface area contributed by atoms with E-state index in [9.17, 15) is 9.59 Å². The molecule has 0 radical (unpaired) electrons. The molecule has 3 aliphatic heterocycles. The van der Waals surface area contributed by atoms with E-state index in [0.29, 0.717) is 48.4 Å². The number of piperidine rings is 1. The van der Waals surface area contributed by atoms with Crippen LogP contribution in [0.15, 0.2) is 59.7 Å². The summed E-state index contributed by atoms with van der Waals surface area (Å²) >= 11 is 0. The SMILES string of the molecule is CCOc1ccc(C2=NN(c3ccc(C(=O)N4CCN(C5CCN(C)CC5)CC4)cc3)C(=O)[C@@H]3CC=CC[C@H]23)cc1OCC. The molecule has 2 fully saturated rings. The maximum Gasteiger partial charge on any atom is 0.253 e. The third-order valence-corrected chi connectivity index (χ3v) is 9.52. The highest BCUT2D eigenvalue weighted by molar-refractivity contribution is 6.11. The number of piperazine rings is 1. The molecule has 4 aliphatic rings. The van der Waals surface area contributed by atoms with Crippen molar-refractivity contribution < 1.29 is 19.1 Å². The van der Waals surface area contributed by atoms with Gasteiger partial charge < -0.3 is 19.3 Å². The van der Waals surface area contributed by atoms with Gasteiger partial charge in [-0.1, -0.05) is 12.2 Å². The molecule has 0 spiro atoms. The zero-order valence-corrected chi connectivity index (χ0v) is 26.3. The van der Waals surface area contributed by atoms with Gasteiger partial charge >= 0.3 is 0 Å². The molecular weight excluding hydrogens is 554 g/mol. The Bertz CT molecular complexity index is 1390. The number of nitrogens with zero attached hydrogens (tertiary/aromatic N) is 5. The highest BCUT2D eigenvalue weighted by Gasteiger charge is 2.41. The van der Waals surface area contributed by atoms with Crippen LogP contribution in [0.25, 0.3) is 0 Å². The van der Waals surface area contributed by atoms with E-state index in [-0.39, 0.29) is 23.7 Å². The number of benzene rings is 2. The predicted molar refractivity (Wildman–Crippen MR) is 173 cm³/mol. The van der Waals surface area contributed by atoms with Gasteiger partial charge in [-0.05, 0) is 102 Å². The number of ether oxygens (including phenoxy) is 2. The van der Waals surface area contributed by atoms with Crippen LogP contribution in [0.1, 0.15) is 55.5 Å². The number of amides is 2. The molecule has 2 aromatic rings. The molecule has 0 aromatic heterocycles. The minimum absolute atomic E-state index is 0.00907. The number of rotatable bonds is 8. The monoisotopic (exact) mass is 599 g/mol. The van der Waals surface area contributed by atoms with Crippen molar-refractivity contribution >= 4 is 23.2 Å². The summed E-state index contributed by atoms with van der Waals surface area (Å²) < 4.78 is 11.7. The standard InChI is InChI=1S/C35H45N5O4/c1-4-43-31-15-12-26(24-32(31)44-5-2)33-29-8-6-7-9-30(29)35(42)40(36-33)28-13-10-25(11-14-28)34(41)39-22-20-38(21-23-39)27-16-18-37(3)19-17-27/h6-7,10-15,24,27,29-30H,4-5,8-9,16-23H2,1-3H3/t29-,30+/m0/s1. The molecule has 0 N–H and O–H groups in total. The smallest absolute Gasteiger partial charge is 0.253 e. The molecule has 9 heteroatoms. The second kappa shape index (κ2) is 13.5. The first-order valence-corrected chi connectivity index (χ1v) is 16.3. The lowest BCUT2D eigenvalue weighted by Gasteiger charge is -2.42. The zero-order chi connectivity index (χ0) is 30.6. The number of hydrazone groups is 1. The van der Waals surface area contributed by atoms with Crippen molar-refractivity contribution in [1.82, 2.24) is 14.7 Å². The first-order chi connectivity index (χ1) is 21.5. The average Bonchev–Trinajstić information content (AvgIpc) is 3.06. The molecule has 0 bridgehead atoms. The van der Waals surface area contributed by atoms with E-state index in [1.165, 1.54) is 17.9 Å². The molecule has 3 heterocycles. The van der Waals surface area contributed by atoms with E-state index in [4.69, 9.17) is 14.6 Å². The van der Waals surface area contributed by atoms with Gasteiger partial charge in [-0.25, -0.2) is 5.01 Å². The molecule has 44 heavy (non-hydrogen) atoms. The molecule has 1 aliphatic carbocycles. The second-order valence-corrected chi connectivity index (χ2v) is 12.2. The molecule has 2 atom stereocenters. The van der Waals surface area contributed by atoms with Crippen molar-refractivity contribution in [3.8, 4) is 11.5 Å². The van der Waals surface area contributed by atoms with Crippen LogP contribution in [-0.2, 0) is 4.79 Å². The van der Waals surface area contributed by atoms with Crippen LogP contribution in [0.2, 0.25) is 0 Å². The fraction of sp³-hybridized carbons (Fsp3) is 0.514. The van der Waals surface area contributed by atoms with Crippen LogP contribution in [0.3, 0.4) is 0 Å². The van der Waals surface area contributed by atoms with Crippen LogP contribution < -0.4 is 14.5 Å². The van der Waals surface area contributed by atoms with Crippen molar-refractivity contribution in [3.05, 3.63) is 65.7 Å². The molecule has 0 unspecified atom stereocenters. The fourth-order valence-electron chi connectivity index (χ4n) is 7.02. The van der Waals surface area contributed by atoms with E-state index in [1.807, 2.05) is 61.2 Å². The van der Waals surface area contributed by atoms with Gasteiger partial charge in [0.05, 0.1) is 30.5 Å². The van der Waals surface area contributed by atoms with Gasteiger partial charge in [0.25, 0.3) is 11.8 Å². The molecule has 2 amide bonds. The summed E-state index contributed by atoms with van der Waals surface area (Å²) in [4.78, 5) is 34.1. The molecule has 2 aromatic carbocycles. The van der Waals surface area contributed by atoms with Gasteiger partial charge in [-0.2, -0.15) is 5.10 Å². The Labute approximate surface area is 261 Å². The molecular formula is C35H45N5O4. The lowest BCUT2D eigenvalue weighted by molar-refractivity contribution is -0.123. The van der Waals surface area contributed by atoms with Gasteiger partial charge in [-0.15, -0.1) is 0 Å². The van der Waals surface area contributed by atoms with Crippen molar-refractivity contribution in [3.63, 3.8) is 0 Å². The summed E-state index contributed by atoms with van der Waals surface area (Å²) in [5, 5.41) is 6.48. The van der Waals surface area contributed by atoms with Gasteiger partial charge in [0.2, 0.25) is 0 Å². The molecule has 234 valence electrons. The van der Waals surface area contributed by atoms with Crippen LogP contribution in [0, 0.1) is 11.8 Å². The van der Waals surface area contributed by atoms with Gasteiger partial charge in [0.15, 0.2) is 11.5 Å². The van der Waals surface area contributed by atoms with Gasteiger partial charge in [-0.3, -0.25) is 14.5 Å². The minimum atomic E-state index is -0.197. The predicted octanol–water partition coefficient (Wildman–Crippen LogP) is 4.67. The summed E-state index contributed by atoms with van der Waals surface area (Å²) in [6, 6.07) is 13.9. The average molecular weight is 600 g/mol. The lowest BCUT2D eigenvalue weighted by Crippen LogP contribution is -2.54. The Kier molecular flexibility index (Phi) is 9.33. The number of allylic oxidation sites excluding steroid dienone is 2. The van der Waals surface area contributed by atoms with Gasteiger partial charge in [0, 0.05) is 49.3 Å². The van der Waals surface area contributed by atoms with Crippen molar-refractivity contribution in [2.24, 2.45) is 16.9 Å². The first-order valence-electron chi connectivity index (χ1n) is 16.3. The summed E-state index contributed by atoms with van der Waals surface area (Å²) in [5.41, 5.74) is 3.10. The first kappa shape index (κ1) is 30.3. The Morgan fingerprint density at radius 3 is 2.18 bits per heavy atom. The van der Waals surface area contributed by atoms with E-state index in [0.717, 1.165) is 57.0 Å². The molecule has 9 nitrogen and oxygen atoms in total. The molecule has 2 saturated heterocycles. The lowest BCUT2D eigenvalue weighted by atomic mass is 9.76. The Balaban J connectivity index is 1.19. The van der Waals surface area contributed by atoms with E-state index >= 15 is 0 Å². The summed E-state index contributed by atoms with van der Waals surface area (Å²) in [6.07, 6.45) is 8.09. The van der Waals surface area contributed by atoms with E-state index in [2.05, 4.69) is 29.0 Å². The number of carbonyl (C=O) groups excluding carboxylic acids is 2. The second-order valence-electron chi connectivity index (χ2n) is 12.2. The Morgan fingerprint density at radius 2 is 1.50 bits per heavy atom. The van der Waals surface area contributed by atoms with Crippen molar-refractivity contribution in [1.29, 1.82) is 0 Å². The topological polar surface area (TPSA) is 77.9 Å². The molecule has 6 rings (SSSR count). The third kappa shape index (κ3) is 6.26. The normalized spacial score (nSPS) is 23.3. The highest BCUT2D eigenvalue weighted by atomic mass is 16.5. The number of fused-ring (bicyclic) bond motifs is 1. The highest BCUT2D eigenvalue weighted by Crippen LogP contribution is 2.38.